The van der Waals surface area contributed by atoms with E-state index in [1.54, 1.807) is 0 Å². The maximum absolute atomic E-state index is 11.8. The van der Waals surface area contributed by atoms with Gasteiger partial charge < -0.3 is 20.3 Å². The zero-order valence-corrected chi connectivity index (χ0v) is 22.1. The Morgan fingerprint density at radius 2 is 1.12 bits per heavy atom. The molecule has 0 unspecified atom stereocenters. The van der Waals surface area contributed by atoms with Gasteiger partial charge in [0.05, 0.1) is 6.61 Å². The van der Waals surface area contributed by atoms with Crippen LogP contribution in [0, 0.1) is 0 Å². The Balaban J connectivity index is 1.68. The van der Waals surface area contributed by atoms with E-state index in [1.807, 2.05) is 0 Å². The summed E-state index contributed by atoms with van der Waals surface area (Å²) < 4.78 is 5.61. The molecule has 1 aliphatic heterocycles. The Morgan fingerprint density at radius 1 is 0.636 bits per heavy atom. The first-order chi connectivity index (χ1) is 16.3. The highest BCUT2D eigenvalue weighted by Crippen LogP contribution is 2.13. The van der Waals surface area contributed by atoms with E-state index in [-0.39, 0.29) is 6.03 Å². The molecule has 0 atom stereocenters. The molecule has 0 aromatic rings. The maximum Gasteiger partial charge on any atom is 0.314 e. The number of amides is 2. The minimum absolute atomic E-state index is 0.0587. The third-order valence-electron chi connectivity index (χ3n) is 6.81. The molecular formula is C28H57N3O2. The fraction of sp³-hybridized carbons (Fsp3) is 0.964. The Kier molecular flexibility index (Phi) is 22.3. The molecule has 0 aromatic carbocycles. The van der Waals surface area contributed by atoms with Crippen LogP contribution in [0.15, 0.2) is 0 Å². The molecule has 1 saturated heterocycles. The Bertz CT molecular complexity index is 414. The molecule has 33 heavy (non-hydrogen) atoms. The van der Waals surface area contributed by atoms with E-state index in [0.29, 0.717) is 13.2 Å². The third kappa shape index (κ3) is 21.5. The number of likely N-dealkylation sites (tertiary alicyclic amines) is 1. The van der Waals surface area contributed by atoms with Crippen molar-refractivity contribution < 1.29 is 9.53 Å². The van der Waals surface area contributed by atoms with Crippen LogP contribution in [-0.4, -0.2) is 56.9 Å². The molecule has 0 radical (unpaired) electrons. The zero-order chi connectivity index (χ0) is 23.7. The van der Waals surface area contributed by atoms with Crippen LogP contribution < -0.4 is 10.6 Å². The van der Waals surface area contributed by atoms with Crippen LogP contribution in [0.5, 0.6) is 0 Å². The number of nitrogens with zero attached hydrogens (tertiary/aromatic N) is 1. The van der Waals surface area contributed by atoms with Crippen molar-refractivity contribution >= 4 is 6.03 Å². The third-order valence-corrected chi connectivity index (χ3v) is 6.81. The van der Waals surface area contributed by atoms with Gasteiger partial charge >= 0.3 is 6.03 Å². The molecule has 2 amide bonds. The lowest BCUT2D eigenvalue weighted by atomic mass is 10.0. The number of urea groups is 1. The lowest BCUT2D eigenvalue weighted by Gasteiger charge is -2.14. The highest BCUT2D eigenvalue weighted by atomic mass is 16.5. The molecule has 5 heteroatoms. The molecule has 1 aliphatic rings. The highest BCUT2D eigenvalue weighted by Gasteiger charge is 2.10. The molecular weight excluding hydrogens is 410 g/mol. The molecule has 1 fully saturated rings. The van der Waals surface area contributed by atoms with Crippen molar-refractivity contribution in [2.45, 2.75) is 129 Å². The highest BCUT2D eigenvalue weighted by molar-refractivity contribution is 5.73. The van der Waals surface area contributed by atoms with E-state index < -0.39 is 0 Å². The standard InChI is InChI=1S/C28H57N3O2/c1-2-3-4-5-6-7-8-9-10-11-12-13-14-15-16-17-21-29-28(32)30-22-27-33-26-20-25-31-23-18-19-24-31/h2-27H2,1H3,(H2,29,30,32). The van der Waals surface area contributed by atoms with Crippen LogP contribution in [-0.2, 0) is 4.74 Å². The Hall–Kier alpha value is -0.810. The van der Waals surface area contributed by atoms with Crippen molar-refractivity contribution in [2.24, 2.45) is 0 Å². The summed E-state index contributed by atoms with van der Waals surface area (Å²) in [6.45, 7) is 8.70. The van der Waals surface area contributed by atoms with Crippen LogP contribution in [0.1, 0.15) is 129 Å². The van der Waals surface area contributed by atoms with E-state index in [4.69, 9.17) is 4.74 Å². The van der Waals surface area contributed by atoms with Crippen molar-refractivity contribution in [2.75, 3.05) is 45.9 Å². The first-order valence-electron chi connectivity index (χ1n) is 14.6. The fourth-order valence-corrected chi connectivity index (χ4v) is 4.67. The van der Waals surface area contributed by atoms with Gasteiger partial charge in [0.25, 0.3) is 0 Å². The van der Waals surface area contributed by atoms with Gasteiger partial charge in [-0.3, -0.25) is 0 Å². The predicted molar refractivity (Wildman–Crippen MR) is 142 cm³/mol. The molecule has 196 valence electrons. The van der Waals surface area contributed by atoms with E-state index in [0.717, 1.165) is 32.5 Å². The molecule has 1 heterocycles. The fourth-order valence-electron chi connectivity index (χ4n) is 4.67. The van der Waals surface area contributed by atoms with E-state index >= 15 is 0 Å². The summed E-state index contributed by atoms with van der Waals surface area (Å²) in [5, 5.41) is 5.84. The minimum atomic E-state index is -0.0587. The smallest absolute Gasteiger partial charge is 0.314 e. The summed E-state index contributed by atoms with van der Waals surface area (Å²) in [6.07, 6.45) is 25.8. The molecule has 2 N–H and O–H groups in total. The van der Waals surface area contributed by atoms with Gasteiger partial charge in [0.2, 0.25) is 0 Å². The lowest BCUT2D eigenvalue weighted by Crippen LogP contribution is -2.37. The van der Waals surface area contributed by atoms with E-state index in [2.05, 4.69) is 22.5 Å². The number of unbranched alkanes of at least 4 members (excludes halogenated alkanes) is 15. The lowest BCUT2D eigenvalue weighted by molar-refractivity contribution is 0.126. The summed E-state index contributed by atoms with van der Waals surface area (Å²) >= 11 is 0. The first-order valence-corrected chi connectivity index (χ1v) is 14.6. The predicted octanol–water partition coefficient (Wildman–Crippen LogP) is 7.05. The van der Waals surface area contributed by atoms with Crippen LogP contribution in [0.4, 0.5) is 4.79 Å². The molecule has 0 spiro atoms. The maximum atomic E-state index is 11.8. The van der Waals surface area contributed by atoms with E-state index in [1.165, 1.54) is 122 Å². The van der Waals surface area contributed by atoms with Crippen molar-refractivity contribution in [1.82, 2.24) is 15.5 Å². The summed E-state index contributed by atoms with van der Waals surface area (Å²) in [5.41, 5.74) is 0. The van der Waals surface area contributed by atoms with Gasteiger partial charge in [0.15, 0.2) is 0 Å². The monoisotopic (exact) mass is 467 g/mol. The summed E-state index contributed by atoms with van der Waals surface area (Å²) in [6, 6.07) is -0.0587. The van der Waals surface area contributed by atoms with Crippen molar-refractivity contribution in [3.8, 4) is 0 Å². The summed E-state index contributed by atoms with van der Waals surface area (Å²) in [4.78, 5) is 14.3. The van der Waals surface area contributed by atoms with Crippen molar-refractivity contribution in [3.05, 3.63) is 0 Å². The molecule has 0 aliphatic carbocycles. The van der Waals surface area contributed by atoms with Gasteiger partial charge in [0, 0.05) is 26.2 Å². The van der Waals surface area contributed by atoms with Gasteiger partial charge in [-0.25, -0.2) is 4.79 Å². The molecule has 0 bridgehead atoms. The summed E-state index contributed by atoms with van der Waals surface area (Å²) in [7, 11) is 0. The van der Waals surface area contributed by atoms with Crippen LogP contribution >= 0.6 is 0 Å². The Morgan fingerprint density at radius 3 is 1.67 bits per heavy atom. The van der Waals surface area contributed by atoms with Gasteiger partial charge in [-0.05, 0) is 38.8 Å². The van der Waals surface area contributed by atoms with Crippen molar-refractivity contribution in [1.29, 1.82) is 0 Å². The van der Waals surface area contributed by atoms with Gasteiger partial charge in [-0.15, -0.1) is 0 Å². The SMILES string of the molecule is CCCCCCCCCCCCCCCCCCNC(=O)NCCOCCCN1CCCC1. The topological polar surface area (TPSA) is 53.6 Å². The first kappa shape index (κ1) is 30.2. The Labute approximate surface area is 206 Å². The van der Waals surface area contributed by atoms with Crippen LogP contribution in [0.25, 0.3) is 0 Å². The number of hydrogen-bond donors (Lipinski definition) is 2. The van der Waals surface area contributed by atoms with Gasteiger partial charge in [0.1, 0.15) is 0 Å². The minimum Gasteiger partial charge on any atom is -0.380 e. The van der Waals surface area contributed by atoms with Gasteiger partial charge in [-0.2, -0.15) is 0 Å². The second kappa shape index (κ2) is 24.3. The number of rotatable bonds is 24. The molecule has 5 nitrogen and oxygen atoms in total. The number of carbonyl (C=O) groups excluding carboxylic acids is 1. The number of nitrogens with one attached hydrogen (secondary N) is 2. The summed E-state index contributed by atoms with van der Waals surface area (Å²) in [5.74, 6) is 0. The average Bonchev–Trinajstić information content (AvgIpc) is 3.34. The number of hydrogen-bond acceptors (Lipinski definition) is 3. The molecule has 0 saturated carbocycles. The average molecular weight is 468 g/mol. The number of ether oxygens (including phenoxy) is 1. The van der Waals surface area contributed by atoms with Crippen LogP contribution in [0.3, 0.4) is 0 Å². The van der Waals surface area contributed by atoms with E-state index in [9.17, 15) is 4.79 Å². The zero-order valence-electron chi connectivity index (χ0n) is 22.1. The number of carbonyl (C=O) groups is 1. The largest absolute Gasteiger partial charge is 0.380 e. The second-order valence-corrected chi connectivity index (χ2v) is 10.0. The van der Waals surface area contributed by atoms with Crippen LogP contribution in [0.2, 0.25) is 0 Å². The van der Waals surface area contributed by atoms with Gasteiger partial charge in [-0.1, -0.05) is 103 Å². The van der Waals surface area contributed by atoms with Crippen molar-refractivity contribution in [3.63, 3.8) is 0 Å². The second-order valence-electron chi connectivity index (χ2n) is 10.0. The quantitative estimate of drug-likeness (QED) is 0.150. The molecule has 1 rings (SSSR count). The molecule has 0 aromatic heterocycles. The normalized spacial score (nSPS) is 14.1.